The molecular weight excluding hydrogens is 545 g/mol. The highest BCUT2D eigenvalue weighted by molar-refractivity contribution is 7.92. The molecule has 0 aliphatic rings. The summed E-state index contributed by atoms with van der Waals surface area (Å²) < 4.78 is 48.2. The van der Waals surface area contributed by atoms with E-state index in [1.54, 1.807) is 37.3 Å². The molecule has 0 radical (unpaired) electrons. The van der Waals surface area contributed by atoms with Gasteiger partial charge in [-0.1, -0.05) is 42.8 Å². The molecule has 0 aromatic heterocycles. The van der Waals surface area contributed by atoms with Crippen molar-refractivity contribution in [3.63, 3.8) is 0 Å². The first-order valence-corrected chi connectivity index (χ1v) is 14.9. The van der Waals surface area contributed by atoms with Crippen LogP contribution in [0.2, 0.25) is 0 Å². The Bertz CT molecular complexity index is 1460. The third kappa shape index (κ3) is 7.85. The number of sulfonamides is 1. The summed E-state index contributed by atoms with van der Waals surface area (Å²) in [5, 5.41) is 2.89. The molecule has 1 N–H and O–H groups in total. The van der Waals surface area contributed by atoms with Crippen molar-refractivity contribution in [2.24, 2.45) is 0 Å². The normalized spacial score (nSPS) is 12.8. The fourth-order valence-electron chi connectivity index (χ4n) is 4.18. The number of ether oxygens (including phenoxy) is 1. The number of hydrogen-bond acceptors (Lipinski definition) is 5. The van der Waals surface area contributed by atoms with Crippen molar-refractivity contribution in [3.8, 4) is 5.75 Å². The van der Waals surface area contributed by atoms with Gasteiger partial charge in [0.1, 0.15) is 24.2 Å². The Hall–Kier alpha value is -3.92. The largest absolute Gasteiger partial charge is 0.495 e. The molecule has 0 spiro atoms. The van der Waals surface area contributed by atoms with Crippen LogP contribution >= 0.6 is 0 Å². The summed E-state index contributed by atoms with van der Waals surface area (Å²) >= 11 is 0. The van der Waals surface area contributed by atoms with Gasteiger partial charge in [-0.15, -0.1) is 0 Å². The summed E-state index contributed by atoms with van der Waals surface area (Å²) in [4.78, 5) is 28.5. The number of halogens is 1. The molecule has 41 heavy (non-hydrogen) atoms. The van der Waals surface area contributed by atoms with Crippen LogP contribution in [0.3, 0.4) is 0 Å². The van der Waals surface area contributed by atoms with E-state index in [1.165, 1.54) is 48.4 Å². The van der Waals surface area contributed by atoms with Gasteiger partial charge in [-0.05, 0) is 81.6 Å². The van der Waals surface area contributed by atoms with Crippen molar-refractivity contribution in [3.05, 3.63) is 89.2 Å². The predicted molar refractivity (Wildman–Crippen MR) is 158 cm³/mol. The lowest BCUT2D eigenvalue weighted by Gasteiger charge is -2.33. The van der Waals surface area contributed by atoms with Gasteiger partial charge in [-0.25, -0.2) is 12.8 Å². The zero-order valence-electron chi connectivity index (χ0n) is 24.3. The molecule has 8 nitrogen and oxygen atoms in total. The number of carbonyl (C=O) groups excluding carboxylic acids is 2. The minimum Gasteiger partial charge on any atom is -0.495 e. The maximum atomic E-state index is 14.0. The van der Waals surface area contributed by atoms with Crippen LogP contribution < -0.4 is 14.4 Å². The second kappa shape index (κ2) is 13.6. The van der Waals surface area contributed by atoms with Crippen LogP contribution in [0, 0.1) is 19.7 Å². The van der Waals surface area contributed by atoms with Gasteiger partial charge in [-0.2, -0.15) is 0 Å². The maximum absolute atomic E-state index is 14.0. The van der Waals surface area contributed by atoms with E-state index >= 15 is 0 Å². The lowest BCUT2D eigenvalue weighted by atomic mass is 10.1. The molecule has 0 fully saturated rings. The van der Waals surface area contributed by atoms with Crippen LogP contribution in [0.4, 0.5) is 10.1 Å². The summed E-state index contributed by atoms with van der Waals surface area (Å²) in [5.41, 5.74) is 2.43. The van der Waals surface area contributed by atoms with Crippen molar-refractivity contribution >= 4 is 27.5 Å². The van der Waals surface area contributed by atoms with Gasteiger partial charge in [0.05, 0.1) is 17.7 Å². The molecule has 0 saturated heterocycles. The number of rotatable bonds is 12. The molecule has 0 aliphatic carbocycles. The topological polar surface area (TPSA) is 96.0 Å². The molecule has 0 heterocycles. The van der Waals surface area contributed by atoms with E-state index in [1.807, 2.05) is 27.7 Å². The highest BCUT2D eigenvalue weighted by Crippen LogP contribution is 2.34. The van der Waals surface area contributed by atoms with Gasteiger partial charge in [0.2, 0.25) is 11.8 Å². The third-order valence-corrected chi connectivity index (χ3v) is 8.70. The van der Waals surface area contributed by atoms with Crippen LogP contribution in [0.5, 0.6) is 5.75 Å². The van der Waals surface area contributed by atoms with Crippen LogP contribution in [0.25, 0.3) is 0 Å². The molecule has 2 amide bonds. The second-order valence-electron chi connectivity index (χ2n) is 10.1. The van der Waals surface area contributed by atoms with E-state index in [0.29, 0.717) is 12.0 Å². The average Bonchev–Trinajstić information content (AvgIpc) is 2.95. The number of nitrogens with one attached hydrogen (secondary N) is 1. The molecule has 3 aromatic rings. The maximum Gasteiger partial charge on any atom is 0.264 e. The lowest BCUT2D eigenvalue weighted by Crippen LogP contribution is -2.52. The smallest absolute Gasteiger partial charge is 0.264 e. The highest BCUT2D eigenvalue weighted by atomic mass is 32.2. The molecule has 0 unspecified atom stereocenters. The molecule has 3 aromatic carbocycles. The standard InChI is InChI=1S/C31H38FN3O5S/c1-7-23(4)33-31(37)24(5)34(19-25-11-13-26(32)14-12-25)30(36)20-35(28-18-22(3)10-17-29(28)40-6)41(38,39)27-15-8-21(2)9-16-27/h8-18,23-24H,7,19-20H2,1-6H3,(H,33,37)/t23-,24-/m1/s1. The number of methoxy groups -OCH3 is 1. The molecule has 220 valence electrons. The number of hydrogen-bond donors (Lipinski definition) is 1. The molecule has 3 rings (SSSR count). The van der Waals surface area contributed by atoms with E-state index in [0.717, 1.165) is 15.4 Å². The van der Waals surface area contributed by atoms with Crippen molar-refractivity contribution in [1.82, 2.24) is 10.2 Å². The van der Waals surface area contributed by atoms with Crippen molar-refractivity contribution in [2.75, 3.05) is 18.0 Å². The fourth-order valence-corrected chi connectivity index (χ4v) is 5.60. The minimum atomic E-state index is -4.24. The van der Waals surface area contributed by atoms with Crippen molar-refractivity contribution in [1.29, 1.82) is 0 Å². The number of anilines is 1. The van der Waals surface area contributed by atoms with Gasteiger partial charge >= 0.3 is 0 Å². The summed E-state index contributed by atoms with van der Waals surface area (Å²) in [6, 6.07) is 15.9. The molecule has 2 atom stereocenters. The zero-order valence-corrected chi connectivity index (χ0v) is 25.2. The Morgan fingerprint density at radius 1 is 0.951 bits per heavy atom. The molecule has 0 aliphatic heterocycles. The molecule has 10 heteroatoms. The Balaban J connectivity index is 2.09. The van der Waals surface area contributed by atoms with Crippen LogP contribution in [-0.2, 0) is 26.2 Å². The first-order valence-electron chi connectivity index (χ1n) is 13.5. The Kier molecular flexibility index (Phi) is 10.5. The van der Waals surface area contributed by atoms with E-state index < -0.39 is 34.3 Å². The molecule has 0 bridgehead atoms. The third-order valence-electron chi connectivity index (χ3n) is 6.93. The monoisotopic (exact) mass is 583 g/mol. The summed E-state index contributed by atoms with van der Waals surface area (Å²) in [6.07, 6.45) is 0.695. The van der Waals surface area contributed by atoms with Crippen LogP contribution in [0.1, 0.15) is 43.9 Å². The summed E-state index contributed by atoms with van der Waals surface area (Å²) in [6.45, 7) is 8.40. The SMILES string of the molecule is CC[C@@H](C)NC(=O)[C@@H](C)N(Cc1ccc(F)cc1)C(=O)CN(c1cc(C)ccc1OC)S(=O)(=O)c1ccc(C)cc1. The van der Waals surface area contributed by atoms with Gasteiger partial charge in [0, 0.05) is 12.6 Å². The van der Waals surface area contributed by atoms with Gasteiger partial charge in [0.15, 0.2) is 0 Å². The number of carbonyl (C=O) groups is 2. The lowest BCUT2D eigenvalue weighted by molar-refractivity contribution is -0.139. The first-order chi connectivity index (χ1) is 19.4. The molecule has 0 saturated carbocycles. The van der Waals surface area contributed by atoms with E-state index in [9.17, 15) is 22.4 Å². The van der Waals surface area contributed by atoms with E-state index in [2.05, 4.69) is 5.32 Å². The summed E-state index contributed by atoms with van der Waals surface area (Å²) in [7, 11) is -2.82. The minimum absolute atomic E-state index is 0.00658. The fraction of sp³-hybridized carbons (Fsp3) is 0.355. The van der Waals surface area contributed by atoms with Gasteiger partial charge in [-0.3, -0.25) is 13.9 Å². The second-order valence-corrected chi connectivity index (χ2v) is 12.0. The zero-order chi connectivity index (χ0) is 30.3. The number of aryl methyl sites for hydroxylation is 2. The number of benzene rings is 3. The highest BCUT2D eigenvalue weighted by Gasteiger charge is 2.34. The molecular formula is C31H38FN3O5S. The Morgan fingerprint density at radius 3 is 2.15 bits per heavy atom. The predicted octanol–water partition coefficient (Wildman–Crippen LogP) is 4.98. The average molecular weight is 584 g/mol. The quantitative estimate of drug-likeness (QED) is 0.325. The Morgan fingerprint density at radius 2 is 1.56 bits per heavy atom. The van der Waals surface area contributed by atoms with Gasteiger partial charge in [0.25, 0.3) is 10.0 Å². The first kappa shape index (κ1) is 31.6. The van der Waals surface area contributed by atoms with Crippen LogP contribution in [-0.4, -0.2) is 50.9 Å². The number of nitrogens with zero attached hydrogens (tertiary/aromatic N) is 2. The van der Waals surface area contributed by atoms with E-state index in [4.69, 9.17) is 4.74 Å². The van der Waals surface area contributed by atoms with Crippen molar-refractivity contribution in [2.45, 2.75) is 64.6 Å². The summed E-state index contributed by atoms with van der Waals surface area (Å²) in [5.74, 6) is -1.15. The number of amides is 2. The van der Waals surface area contributed by atoms with Crippen LogP contribution in [0.15, 0.2) is 71.6 Å². The van der Waals surface area contributed by atoms with Gasteiger partial charge < -0.3 is 15.0 Å². The van der Waals surface area contributed by atoms with Crippen molar-refractivity contribution < 1.29 is 27.1 Å². The Labute approximate surface area is 242 Å². The van der Waals surface area contributed by atoms with E-state index in [-0.39, 0.29) is 34.8 Å².